The van der Waals surface area contributed by atoms with E-state index in [0.29, 0.717) is 6.42 Å². The lowest BCUT2D eigenvalue weighted by molar-refractivity contribution is 0.181. The molecular formula is C12H17FOS. The predicted octanol–water partition coefficient (Wildman–Crippen LogP) is 3.39. The normalized spacial score (nSPS) is 14.9. The first-order valence-corrected chi connectivity index (χ1v) is 6.39. The molecule has 0 radical (unpaired) electrons. The Bertz CT molecular complexity index is 301. The smallest absolute Gasteiger partial charge is 0.127 e. The highest BCUT2D eigenvalue weighted by molar-refractivity contribution is 7.98. The lowest BCUT2D eigenvalue weighted by Crippen LogP contribution is -2.04. The zero-order valence-electron chi connectivity index (χ0n) is 9.11. The van der Waals surface area contributed by atoms with Crippen LogP contribution in [0.1, 0.15) is 30.6 Å². The first kappa shape index (κ1) is 12.5. The lowest BCUT2D eigenvalue weighted by atomic mass is 10.1. The molecule has 0 aliphatic heterocycles. The van der Waals surface area contributed by atoms with E-state index >= 15 is 0 Å². The molecule has 15 heavy (non-hydrogen) atoms. The van der Waals surface area contributed by atoms with E-state index in [2.05, 4.69) is 0 Å². The maximum Gasteiger partial charge on any atom is 0.127 e. The van der Waals surface area contributed by atoms with Crippen LogP contribution in [0.3, 0.4) is 0 Å². The first-order chi connectivity index (χ1) is 7.15. The second-order valence-corrected chi connectivity index (χ2v) is 4.71. The molecule has 2 atom stereocenters. The monoisotopic (exact) mass is 228 g/mol. The Morgan fingerprint density at radius 1 is 1.33 bits per heavy atom. The zero-order valence-corrected chi connectivity index (χ0v) is 9.93. The van der Waals surface area contributed by atoms with Gasteiger partial charge in [0.1, 0.15) is 5.82 Å². The summed E-state index contributed by atoms with van der Waals surface area (Å²) in [6, 6.07) is 6.86. The van der Waals surface area contributed by atoms with Crippen LogP contribution in [0.2, 0.25) is 0 Å². The van der Waals surface area contributed by atoms with Gasteiger partial charge in [-0.25, -0.2) is 4.39 Å². The number of aliphatic hydroxyl groups is 1. The lowest BCUT2D eigenvalue weighted by Gasteiger charge is -2.16. The van der Waals surface area contributed by atoms with Gasteiger partial charge in [-0.1, -0.05) is 18.2 Å². The van der Waals surface area contributed by atoms with Crippen LogP contribution in [0, 0.1) is 5.82 Å². The van der Waals surface area contributed by atoms with Gasteiger partial charge in [0.2, 0.25) is 0 Å². The van der Waals surface area contributed by atoms with E-state index in [-0.39, 0.29) is 17.2 Å². The van der Waals surface area contributed by atoms with Gasteiger partial charge in [0.25, 0.3) is 0 Å². The van der Waals surface area contributed by atoms with E-state index < -0.39 is 0 Å². The van der Waals surface area contributed by atoms with Gasteiger partial charge in [0, 0.05) is 10.8 Å². The van der Waals surface area contributed by atoms with Crippen molar-refractivity contribution in [2.75, 3.05) is 6.26 Å². The average Bonchev–Trinajstić information content (AvgIpc) is 2.21. The molecule has 3 heteroatoms. The van der Waals surface area contributed by atoms with Gasteiger partial charge in [-0.2, -0.15) is 11.8 Å². The Labute approximate surface area is 94.7 Å². The molecule has 0 spiro atoms. The standard InChI is InChI=1S/C12H17FOS/c1-9(14)7-8-12(15-2)10-5-3-4-6-11(10)13/h3-6,9,12,14H,7-8H2,1-2H3. The van der Waals surface area contributed by atoms with E-state index in [1.807, 2.05) is 18.4 Å². The minimum atomic E-state index is -0.313. The molecule has 0 saturated heterocycles. The van der Waals surface area contributed by atoms with Crippen molar-refractivity contribution >= 4 is 11.8 Å². The highest BCUT2D eigenvalue weighted by atomic mass is 32.2. The molecule has 0 amide bonds. The van der Waals surface area contributed by atoms with Gasteiger partial charge >= 0.3 is 0 Å². The molecule has 84 valence electrons. The Kier molecular flexibility index (Phi) is 5.12. The van der Waals surface area contributed by atoms with Crippen molar-refractivity contribution in [1.82, 2.24) is 0 Å². The van der Waals surface area contributed by atoms with Crippen LogP contribution in [0.5, 0.6) is 0 Å². The zero-order chi connectivity index (χ0) is 11.3. The Morgan fingerprint density at radius 3 is 2.53 bits per heavy atom. The fourth-order valence-corrected chi connectivity index (χ4v) is 2.35. The van der Waals surface area contributed by atoms with Gasteiger partial charge in [0.15, 0.2) is 0 Å². The van der Waals surface area contributed by atoms with Gasteiger partial charge in [0.05, 0.1) is 6.10 Å². The fraction of sp³-hybridized carbons (Fsp3) is 0.500. The maximum absolute atomic E-state index is 13.5. The van der Waals surface area contributed by atoms with Crippen LogP contribution >= 0.6 is 11.8 Å². The fourth-order valence-electron chi connectivity index (χ4n) is 1.53. The highest BCUT2D eigenvalue weighted by Crippen LogP contribution is 2.33. The molecule has 1 N–H and O–H groups in total. The number of thioether (sulfide) groups is 1. The summed E-state index contributed by atoms with van der Waals surface area (Å²) in [5.74, 6) is -0.151. The van der Waals surface area contributed by atoms with E-state index in [1.165, 1.54) is 6.07 Å². The van der Waals surface area contributed by atoms with Gasteiger partial charge in [-0.3, -0.25) is 0 Å². The van der Waals surface area contributed by atoms with Crippen LogP contribution in [0.4, 0.5) is 4.39 Å². The number of aliphatic hydroxyl groups excluding tert-OH is 1. The summed E-state index contributed by atoms with van der Waals surface area (Å²) in [5.41, 5.74) is 0.741. The van der Waals surface area contributed by atoms with E-state index in [9.17, 15) is 9.50 Å². The van der Waals surface area contributed by atoms with E-state index in [4.69, 9.17) is 0 Å². The van der Waals surface area contributed by atoms with Gasteiger partial charge in [-0.05, 0) is 32.1 Å². The molecule has 2 unspecified atom stereocenters. The highest BCUT2D eigenvalue weighted by Gasteiger charge is 2.14. The first-order valence-electron chi connectivity index (χ1n) is 5.10. The molecule has 1 aromatic rings. The Hall–Kier alpha value is -0.540. The summed E-state index contributed by atoms with van der Waals surface area (Å²) in [7, 11) is 0. The molecule has 0 aromatic heterocycles. The molecule has 1 nitrogen and oxygen atoms in total. The topological polar surface area (TPSA) is 20.2 Å². The number of benzene rings is 1. The van der Waals surface area contributed by atoms with Crippen LogP contribution in [0.15, 0.2) is 24.3 Å². The van der Waals surface area contributed by atoms with Crippen molar-refractivity contribution in [2.45, 2.75) is 31.1 Å². The van der Waals surface area contributed by atoms with Crippen molar-refractivity contribution in [3.05, 3.63) is 35.6 Å². The molecule has 0 bridgehead atoms. The maximum atomic E-state index is 13.5. The van der Waals surface area contributed by atoms with Crippen molar-refractivity contribution in [2.24, 2.45) is 0 Å². The van der Waals surface area contributed by atoms with E-state index in [0.717, 1.165) is 12.0 Å². The van der Waals surface area contributed by atoms with Crippen molar-refractivity contribution in [3.63, 3.8) is 0 Å². The summed E-state index contributed by atoms with van der Waals surface area (Å²) >= 11 is 1.63. The quantitative estimate of drug-likeness (QED) is 0.833. The molecule has 0 heterocycles. The number of halogens is 1. The average molecular weight is 228 g/mol. The molecule has 1 rings (SSSR count). The SMILES string of the molecule is CSC(CCC(C)O)c1ccccc1F. The summed E-state index contributed by atoms with van der Waals surface area (Å²) in [4.78, 5) is 0. The number of hydrogen-bond acceptors (Lipinski definition) is 2. The third kappa shape index (κ3) is 3.84. The number of hydrogen-bond donors (Lipinski definition) is 1. The molecule has 1 aromatic carbocycles. The summed E-state index contributed by atoms with van der Waals surface area (Å²) in [6.07, 6.45) is 3.17. The number of rotatable bonds is 5. The van der Waals surface area contributed by atoms with Crippen LogP contribution in [-0.4, -0.2) is 17.5 Å². The van der Waals surface area contributed by atoms with Gasteiger partial charge in [-0.15, -0.1) is 0 Å². The Balaban J connectivity index is 2.70. The molecule has 0 aliphatic carbocycles. The van der Waals surface area contributed by atoms with Gasteiger partial charge < -0.3 is 5.11 Å². The summed E-state index contributed by atoms with van der Waals surface area (Å²) in [6.45, 7) is 1.76. The van der Waals surface area contributed by atoms with E-state index in [1.54, 1.807) is 24.8 Å². The van der Waals surface area contributed by atoms with Crippen molar-refractivity contribution in [3.8, 4) is 0 Å². The van der Waals surface area contributed by atoms with Crippen molar-refractivity contribution in [1.29, 1.82) is 0 Å². The molecule has 0 fully saturated rings. The Morgan fingerprint density at radius 2 is 2.00 bits per heavy atom. The largest absolute Gasteiger partial charge is 0.393 e. The second kappa shape index (κ2) is 6.13. The third-order valence-electron chi connectivity index (χ3n) is 2.38. The third-order valence-corrected chi connectivity index (χ3v) is 3.44. The molecule has 0 aliphatic rings. The molecule has 0 saturated carbocycles. The summed E-state index contributed by atoms with van der Waals surface area (Å²) in [5, 5.41) is 9.35. The second-order valence-electron chi connectivity index (χ2n) is 3.67. The molecular weight excluding hydrogens is 211 g/mol. The summed E-state index contributed by atoms with van der Waals surface area (Å²) < 4.78 is 13.5. The van der Waals surface area contributed by atoms with Crippen LogP contribution in [-0.2, 0) is 0 Å². The van der Waals surface area contributed by atoms with Crippen LogP contribution in [0.25, 0.3) is 0 Å². The predicted molar refractivity (Wildman–Crippen MR) is 63.6 cm³/mol. The minimum absolute atomic E-state index is 0.140. The van der Waals surface area contributed by atoms with Crippen molar-refractivity contribution < 1.29 is 9.50 Å². The van der Waals surface area contributed by atoms with Crippen LogP contribution < -0.4 is 0 Å². The minimum Gasteiger partial charge on any atom is -0.393 e.